The first-order chi connectivity index (χ1) is 11.7. The Balaban J connectivity index is 1.79. The minimum atomic E-state index is 0.543. The molecule has 2 aliphatic rings. The highest BCUT2D eigenvalue weighted by Crippen LogP contribution is 2.25. The molecule has 0 aromatic heterocycles. The molecule has 128 valence electrons. The number of hydrogen-bond donors (Lipinski definition) is 1. The molecule has 1 aromatic carbocycles. The number of likely N-dealkylation sites (N-methyl/N-ethyl adjacent to an activating group) is 1. The molecule has 0 bridgehead atoms. The monoisotopic (exact) mass is 323 g/mol. The van der Waals surface area contributed by atoms with E-state index in [9.17, 15) is 0 Å². The van der Waals surface area contributed by atoms with E-state index >= 15 is 0 Å². The minimum absolute atomic E-state index is 0.543. The van der Waals surface area contributed by atoms with E-state index in [-0.39, 0.29) is 0 Å². The van der Waals surface area contributed by atoms with Crippen molar-refractivity contribution < 1.29 is 0 Å². The zero-order valence-electron chi connectivity index (χ0n) is 15.0. The first kappa shape index (κ1) is 16.8. The standard InChI is InChI=1S/C21H29N3/c1-24(2)21-15-9-12-18(21)16-20(17-10-5-3-6-11-17)23-22-19-13-7-4-8-14-19/h3,5-6,9-11,15,19,22H,4,7-8,12-14,16H2,1-2H3. The summed E-state index contributed by atoms with van der Waals surface area (Å²) in [5.74, 6) is 0. The molecule has 2 aliphatic carbocycles. The summed E-state index contributed by atoms with van der Waals surface area (Å²) in [4.78, 5) is 2.20. The van der Waals surface area contributed by atoms with Crippen molar-refractivity contribution in [3.63, 3.8) is 0 Å². The molecule has 1 saturated carbocycles. The quantitative estimate of drug-likeness (QED) is 0.617. The highest BCUT2D eigenvalue weighted by Gasteiger charge is 2.16. The summed E-state index contributed by atoms with van der Waals surface area (Å²) in [6.07, 6.45) is 12.9. The van der Waals surface area contributed by atoms with Gasteiger partial charge in [-0.2, -0.15) is 5.10 Å². The Morgan fingerprint density at radius 1 is 1.12 bits per heavy atom. The van der Waals surface area contributed by atoms with Gasteiger partial charge in [-0.25, -0.2) is 0 Å². The normalized spacial score (nSPS) is 19.0. The van der Waals surface area contributed by atoms with Gasteiger partial charge in [0.15, 0.2) is 0 Å². The van der Waals surface area contributed by atoms with Crippen LogP contribution in [0.4, 0.5) is 0 Å². The van der Waals surface area contributed by atoms with Crippen LogP contribution >= 0.6 is 0 Å². The second-order valence-electron chi connectivity index (χ2n) is 7.06. The van der Waals surface area contributed by atoms with Crippen molar-refractivity contribution in [1.82, 2.24) is 10.3 Å². The topological polar surface area (TPSA) is 27.6 Å². The number of rotatable bonds is 6. The van der Waals surface area contributed by atoms with E-state index < -0.39 is 0 Å². The van der Waals surface area contributed by atoms with Gasteiger partial charge in [0.1, 0.15) is 0 Å². The van der Waals surface area contributed by atoms with Crippen LogP contribution in [0.3, 0.4) is 0 Å². The molecule has 0 saturated heterocycles. The van der Waals surface area contributed by atoms with Crippen LogP contribution in [0, 0.1) is 0 Å². The predicted octanol–water partition coefficient (Wildman–Crippen LogP) is 4.48. The molecule has 3 rings (SSSR count). The number of allylic oxidation sites excluding steroid dienone is 3. The van der Waals surface area contributed by atoms with E-state index in [4.69, 9.17) is 5.10 Å². The van der Waals surface area contributed by atoms with Crippen molar-refractivity contribution in [2.75, 3.05) is 14.1 Å². The van der Waals surface area contributed by atoms with Crippen LogP contribution in [-0.2, 0) is 0 Å². The van der Waals surface area contributed by atoms with Crippen molar-refractivity contribution in [1.29, 1.82) is 0 Å². The fourth-order valence-electron chi connectivity index (χ4n) is 3.60. The number of hydrazone groups is 1. The van der Waals surface area contributed by atoms with Crippen LogP contribution in [0.25, 0.3) is 0 Å². The van der Waals surface area contributed by atoms with Crippen LogP contribution < -0.4 is 5.43 Å². The molecule has 0 unspecified atom stereocenters. The van der Waals surface area contributed by atoms with Crippen molar-refractivity contribution >= 4 is 5.71 Å². The van der Waals surface area contributed by atoms with Crippen LogP contribution in [0.5, 0.6) is 0 Å². The molecular formula is C21H29N3. The van der Waals surface area contributed by atoms with E-state index in [0.717, 1.165) is 18.6 Å². The minimum Gasteiger partial charge on any atom is -0.378 e. The second-order valence-corrected chi connectivity index (χ2v) is 7.06. The third-order valence-corrected chi connectivity index (χ3v) is 4.96. The van der Waals surface area contributed by atoms with Crippen molar-refractivity contribution in [3.8, 4) is 0 Å². The summed E-state index contributed by atoms with van der Waals surface area (Å²) in [5.41, 5.74) is 8.62. The molecule has 0 atom stereocenters. The van der Waals surface area contributed by atoms with E-state index in [1.54, 1.807) is 0 Å². The summed E-state index contributed by atoms with van der Waals surface area (Å²) < 4.78 is 0. The van der Waals surface area contributed by atoms with Crippen LogP contribution in [0.1, 0.15) is 50.5 Å². The van der Waals surface area contributed by atoms with Crippen molar-refractivity contribution in [2.24, 2.45) is 5.10 Å². The third kappa shape index (κ3) is 4.28. The Kier molecular flexibility index (Phi) is 5.73. The van der Waals surface area contributed by atoms with Crippen molar-refractivity contribution in [2.45, 2.75) is 51.0 Å². The Bertz CT molecular complexity index is 620. The van der Waals surface area contributed by atoms with E-state index in [2.05, 4.69) is 66.9 Å². The molecule has 0 heterocycles. The van der Waals surface area contributed by atoms with E-state index in [0.29, 0.717) is 6.04 Å². The van der Waals surface area contributed by atoms with Crippen LogP contribution in [-0.4, -0.2) is 30.7 Å². The summed E-state index contributed by atoms with van der Waals surface area (Å²) in [5, 5.41) is 4.86. The lowest BCUT2D eigenvalue weighted by atomic mass is 9.96. The van der Waals surface area contributed by atoms with Gasteiger partial charge in [0.2, 0.25) is 0 Å². The van der Waals surface area contributed by atoms with Gasteiger partial charge in [-0.05, 0) is 36.5 Å². The lowest BCUT2D eigenvalue weighted by Crippen LogP contribution is -2.28. The number of nitrogens with zero attached hydrogens (tertiary/aromatic N) is 2. The van der Waals surface area contributed by atoms with Gasteiger partial charge in [-0.1, -0.05) is 55.7 Å². The molecule has 24 heavy (non-hydrogen) atoms. The van der Waals surface area contributed by atoms with Crippen LogP contribution in [0.15, 0.2) is 58.9 Å². The number of hydrogen-bond acceptors (Lipinski definition) is 3. The number of benzene rings is 1. The summed E-state index contributed by atoms with van der Waals surface area (Å²) in [6, 6.07) is 11.1. The zero-order valence-corrected chi connectivity index (χ0v) is 15.0. The Labute approximate surface area is 146 Å². The fraction of sp³-hybridized carbons (Fsp3) is 0.476. The van der Waals surface area contributed by atoms with E-state index in [1.807, 2.05) is 0 Å². The second kappa shape index (κ2) is 8.18. The fourth-order valence-corrected chi connectivity index (χ4v) is 3.60. The summed E-state index contributed by atoms with van der Waals surface area (Å²) in [6.45, 7) is 0. The Morgan fingerprint density at radius 3 is 2.58 bits per heavy atom. The largest absolute Gasteiger partial charge is 0.378 e. The third-order valence-electron chi connectivity index (χ3n) is 4.96. The molecule has 0 amide bonds. The maximum Gasteiger partial charge on any atom is 0.0716 e. The smallest absolute Gasteiger partial charge is 0.0716 e. The molecule has 3 nitrogen and oxygen atoms in total. The first-order valence-corrected chi connectivity index (χ1v) is 9.17. The lowest BCUT2D eigenvalue weighted by molar-refractivity contribution is 0.380. The van der Waals surface area contributed by atoms with Gasteiger partial charge in [0.25, 0.3) is 0 Å². The zero-order chi connectivity index (χ0) is 16.8. The molecule has 1 N–H and O–H groups in total. The molecule has 0 spiro atoms. The van der Waals surface area contributed by atoms with Gasteiger partial charge in [0, 0.05) is 32.3 Å². The van der Waals surface area contributed by atoms with E-state index in [1.165, 1.54) is 48.9 Å². The number of nitrogens with one attached hydrogen (secondary N) is 1. The van der Waals surface area contributed by atoms with Gasteiger partial charge in [0.05, 0.1) is 5.71 Å². The molecule has 3 heteroatoms. The average Bonchev–Trinajstić information content (AvgIpc) is 3.09. The summed E-state index contributed by atoms with van der Waals surface area (Å²) >= 11 is 0. The molecule has 0 aliphatic heterocycles. The predicted molar refractivity (Wildman–Crippen MR) is 102 cm³/mol. The Morgan fingerprint density at radius 2 is 1.88 bits per heavy atom. The Hall–Kier alpha value is -2.03. The van der Waals surface area contributed by atoms with Crippen molar-refractivity contribution in [3.05, 3.63) is 59.3 Å². The van der Waals surface area contributed by atoms with Gasteiger partial charge < -0.3 is 10.3 Å². The highest BCUT2D eigenvalue weighted by atomic mass is 15.3. The van der Waals surface area contributed by atoms with Gasteiger partial charge in [-0.15, -0.1) is 0 Å². The van der Waals surface area contributed by atoms with Crippen LogP contribution in [0.2, 0.25) is 0 Å². The van der Waals surface area contributed by atoms with Gasteiger partial charge in [-0.3, -0.25) is 0 Å². The first-order valence-electron chi connectivity index (χ1n) is 9.17. The SMILES string of the molecule is CN(C)C1=C(CC(=NNC2CCCCC2)c2ccccc2)CC=C1. The highest BCUT2D eigenvalue weighted by molar-refractivity contribution is 6.02. The maximum atomic E-state index is 4.86. The average molecular weight is 323 g/mol. The lowest BCUT2D eigenvalue weighted by Gasteiger charge is -2.22. The molecule has 0 radical (unpaired) electrons. The van der Waals surface area contributed by atoms with Gasteiger partial charge >= 0.3 is 0 Å². The molecular weight excluding hydrogens is 294 g/mol. The summed E-state index contributed by atoms with van der Waals surface area (Å²) in [7, 11) is 4.23. The molecule has 1 aromatic rings. The maximum absolute atomic E-state index is 4.86. The molecule has 1 fully saturated rings.